The highest BCUT2D eigenvalue weighted by atomic mass is 32.2. The van der Waals surface area contributed by atoms with Crippen molar-refractivity contribution >= 4 is 63.0 Å². The second-order valence-corrected chi connectivity index (χ2v) is 9.00. The van der Waals surface area contributed by atoms with Crippen LogP contribution in [0.1, 0.15) is 24.5 Å². The number of hydrogen-bond acceptors (Lipinski definition) is 5. The molecule has 0 unspecified atom stereocenters. The first-order valence-electron chi connectivity index (χ1n) is 9.96. The van der Waals surface area contributed by atoms with Gasteiger partial charge in [0.15, 0.2) is 0 Å². The van der Waals surface area contributed by atoms with E-state index in [9.17, 15) is 14.4 Å². The van der Waals surface area contributed by atoms with E-state index in [0.717, 1.165) is 23.7 Å². The Morgan fingerprint density at radius 2 is 1.74 bits per heavy atom. The number of benzene rings is 2. The molecule has 158 valence electrons. The van der Waals surface area contributed by atoms with Gasteiger partial charge in [-0.3, -0.25) is 24.2 Å². The first-order chi connectivity index (χ1) is 14.9. The predicted molar refractivity (Wildman–Crippen MR) is 128 cm³/mol. The number of fused-ring (bicyclic) bond motifs is 1. The minimum Gasteiger partial charge on any atom is -0.325 e. The van der Waals surface area contributed by atoms with E-state index >= 15 is 0 Å². The van der Waals surface area contributed by atoms with Crippen LogP contribution in [0.3, 0.4) is 0 Å². The number of carbonyl (C=O) groups is 3. The largest absolute Gasteiger partial charge is 0.325 e. The van der Waals surface area contributed by atoms with Crippen molar-refractivity contribution in [1.29, 1.82) is 0 Å². The van der Waals surface area contributed by atoms with Gasteiger partial charge in [0.05, 0.1) is 16.2 Å². The quantitative estimate of drug-likeness (QED) is 0.550. The summed E-state index contributed by atoms with van der Waals surface area (Å²) in [7, 11) is 0. The zero-order chi connectivity index (χ0) is 22.1. The van der Waals surface area contributed by atoms with Crippen LogP contribution in [0.25, 0.3) is 5.57 Å². The lowest BCUT2D eigenvalue weighted by Gasteiger charge is -2.17. The molecule has 0 aromatic heterocycles. The Kier molecular flexibility index (Phi) is 5.93. The lowest BCUT2D eigenvalue weighted by atomic mass is 10.1. The SMILES string of the molecule is CCCN1C(=O)C(=C2C(=O)N(CC(=O)Nc3ccc(C)cc3)c3ccccc32)SC1=S. The molecule has 4 rings (SSSR count). The average Bonchev–Trinajstić information content (AvgIpc) is 3.18. The van der Waals surface area contributed by atoms with Crippen molar-refractivity contribution in [3.63, 3.8) is 0 Å². The molecule has 1 N–H and O–H groups in total. The van der Waals surface area contributed by atoms with Crippen molar-refractivity contribution in [3.8, 4) is 0 Å². The minimum atomic E-state index is -0.364. The normalized spacial score (nSPS) is 18.1. The van der Waals surface area contributed by atoms with Gasteiger partial charge in [-0.25, -0.2) is 0 Å². The van der Waals surface area contributed by atoms with Crippen molar-refractivity contribution in [2.45, 2.75) is 20.3 Å². The van der Waals surface area contributed by atoms with Crippen molar-refractivity contribution in [2.24, 2.45) is 0 Å². The molecule has 0 saturated carbocycles. The Hall–Kier alpha value is -2.97. The van der Waals surface area contributed by atoms with E-state index in [0.29, 0.717) is 38.3 Å². The van der Waals surface area contributed by atoms with E-state index in [4.69, 9.17) is 12.2 Å². The summed E-state index contributed by atoms with van der Waals surface area (Å²) in [5, 5.41) is 2.82. The summed E-state index contributed by atoms with van der Waals surface area (Å²) in [6.45, 7) is 4.30. The number of thiocarbonyl (C=S) groups is 1. The maximum atomic E-state index is 13.4. The maximum Gasteiger partial charge on any atom is 0.267 e. The number of nitrogens with one attached hydrogen (secondary N) is 1. The fourth-order valence-electron chi connectivity index (χ4n) is 3.60. The summed E-state index contributed by atoms with van der Waals surface area (Å²) in [6, 6.07) is 14.6. The highest BCUT2D eigenvalue weighted by Crippen LogP contribution is 2.44. The summed E-state index contributed by atoms with van der Waals surface area (Å²) < 4.78 is 0.454. The molecule has 3 amide bonds. The summed E-state index contributed by atoms with van der Waals surface area (Å²) >= 11 is 6.51. The van der Waals surface area contributed by atoms with Crippen molar-refractivity contribution in [2.75, 3.05) is 23.3 Å². The maximum absolute atomic E-state index is 13.4. The van der Waals surface area contributed by atoms with E-state index in [1.54, 1.807) is 12.1 Å². The molecule has 0 atom stereocenters. The van der Waals surface area contributed by atoms with E-state index in [2.05, 4.69) is 5.32 Å². The zero-order valence-corrected chi connectivity index (χ0v) is 18.8. The number of anilines is 2. The Morgan fingerprint density at radius 3 is 2.45 bits per heavy atom. The van der Waals surface area contributed by atoms with Gasteiger partial charge in [0, 0.05) is 17.8 Å². The summed E-state index contributed by atoms with van der Waals surface area (Å²) in [4.78, 5) is 42.3. The van der Waals surface area contributed by atoms with E-state index in [1.165, 1.54) is 9.80 Å². The van der Waals surface area contributed by atoms with E-state index in [-0.39, 0.29) is 24.3 Å². The first kappa shape index (κ1) is 21.3. The van der Waals surface area contributed by atoms with Crippen LogP contribution in [-0.2, 0) is 14.4 Å². The van der Waals surface area contributed by atoms with Crippen LogP contribution in [0, 0.1) is 6.92 Å². The number of nitrogens with zero attached hydrogens (tertiary/aromatic N) is 2. The molecule has 2 aromatic rings. The average molecular weight is 452 g/mol. The Balaban J connectivity index is 1.64. The standard InChI is InChI=1S/C23H21N3O3S2/c1-3-12-25-22(29)20(31-23(25)30)19-16-6-4-5-7-17(16)26(21(19)28)13-18(27)24-15-10-8-14(2)9-11-15/h4-11H,3,12-13H2,1-2H3,(H,24,27). The molecule has 1 fully saturated rings. The fraction of sp³-hybridized carbons (Fsp3) is 0.217. The molecule has 2 aromatic carbocycles. The van der Waals surface area contributed by atoms with Gasteiger partial charge >= 0.3 is 0 Å². The first-order valence-corrected chi connectivity index (χ1v) is 11.2. The van der Waals surface area contributed by atoms with Gasteiger partial charge in [-0.05, 0) is 31.5 Å². The molecule has 31 heavy (non-hydrogen) atoms. The second kappa shape index (κ2) is 8.64. The molecule has 0 spiro atoms. The molecule has 2 aliphatic heterocycles. The summed E-state index contributed by atoms with van der Waals surface area (Å²) in [5.74, 6) is -0.926. The Bertz CT molecular complexity index is 1130. The molecule has 6 nitrogen and oxygen atoms in total. The smallest absolute Gasteiger partial charge is 0.267 e. The van der Waals surface area contributed by atoms with Crippen LogP contribution in [0.5, 0.6) is 0 Å². The third kappa shape index (κ3) is 4.00. The molecule has 8 heteroatoms. The molecule has 0 radical (unpaired) electrons. The van der Waals surface area contributed by atoms with E-state index < -0.39 is 0 Å². The number of para-hydroxylation sites is 1. The number of carbonyl (C=O) groups excluding carboxylic acids is 3. The predicted octanol–water partition coefficient (Wildman–Crippen LogP) is 3.96. The molecular formula is C23H21N3O3S2. The molecule has 0 aliphatic carbocycles. The topological polar surface area (TPSA) is 69.7 Å². The highest BCUT2D eigenvalue weighted by Gasteiger charge is 2.42. The summed E-state index contributed by atoms with van der Waals surface area (Å²) in [6.07, 6.45) is 0.769. The van der Waals surface area contributed by atoms with Gasteiger partial charge in [0.2, 0.25) is 5.91 Å². The van der Waals surface area contributed by atoms with Crippen molar-refractivity contribution < 1.29 is 14.4 Å². The zero-order valence-electron chi connectivity index (χ0n) is 17.2. The van der Waals surface area contributed by atoms with Gasteiger partial charge < -0.3 is 5.32 Å². The molecule has 2 aliphatic rings. The number of amides is 3. The number of rotatable bonds is 5. The van der Waals surface area contributed by atoms with Crippen LogP contribution in [0.15, 0.2) is 53.4 Å². The third-order valence-electron chi connectivity index (χ3n) is 5.08. The summed E-state index contributed by atoms with van der Waals surface area (Å²) in [5.41, 5.74) is 3.33. The molecule has 2 heterocycles. The fourth-order valence-corrected chi connectivity index (χ4v) is 4.98. The van der Waals surface area contributed by atoms with Crippen LogP contribution >= 0.6 is 24.0 Å². The van der Waals surface area contributed by atoms with Crippen LogP contribution < -0.4 is 10.2 Å². The Morgan fingerprint density at radius 1 is 1.03 bits per heavy atom. The number of hydrogen-bond donors (Lipinski definition) is 1. The lowest BCUT2D eigenvalue weighted by molar-refractivity contribution is -0.122. The lowest BCUT2D eigenvalue weighted by Crippen LogP contribution is -2.35. The van der Waals surface area contributed by atoms with Crippen molar-refractivity contribution in [1.82, 2.24) is 4.90 Å². The molecule has 0 bridgehead atoms. The van der Waals surface area contributed by atoms with Gasteiger partial charge in [-0.15, -0.1) is 0 Å². The van der Waals surface area contributed by atoms with Gasteiger partial charge in [-0.1, -0.05) is 66.8 Å². The number of aryl methyl sites for hydroxylation is 1. The highest BCUT2D eigenvalue weighted by molar-refractivity contribution is 8.26. The van der Waals surface area contributed by atoms with Crippen molar-refractivity contribution in [3.05, 3.63) is 64.6 Å². The minimum absolute atomic E-state index is 0.150. The third-order valence-corrected chi connectivity index (χ3v) is 6.53. The van der Waals surface area contributed by atoms with Gasteiger partial charge in [-0.2, -0.15) is 0 Å². The monoisotopic (exact) mass is 451 g/mol. The van der Waals surface area contributed by atoms with E-state index in [1.807, 2.05) is 50.2 Å². The van der Waals surface area contributed by atoms with Crippen LogP contribution in [-0.4, -0.2) is 40.0 Å². The van der Waals surface area contributed by atoms with Gasteiger partial charge in [0.1, 0.15) is 10.9 Å². The molecule has 1 saturated heterocycles. The van der Waals surface area contributed by atoms with Gasteiger partial charge in [0.25, 0.3) is 11.8 Å². The second-order valence-electron chi connectivity index (χ2n) is 7.35. The molecular weight excluding hydrogens is 430 g/mol. The van der Waals surface area contributed by atoms with Crippen LogP contribution in [0.4, 0.5) is 11.4 Å². The van der Waals surface area contributed by atoms with Crippen LogP contribution in [0.2, 0.25) is 0 Å². The number of thioether (sulfide) groups is 1. The Labute approximate surface area is 190 Å².